The van der Waals surface area contributed by atoms with E-state index < -0.39 is 0 Å². The van der Waals surface area contributed by atoms with Crippen LogP contribution in [0.2, 0.25) is 10.0 Å². The predicted molar refractivity (Wildman–Crippen MR) is 103 cm³/mol. The minimum Gasteiger partial charge on any atom is -0.306 e. The molecule has 25 heavy (non-hydrogen) atoms. The lowest BCUT2D eigenvalue weighted by atomic mass is 10.2. The van der Waals surface area contributed by atoms with Gasteiger partial charge in [0.05, 0.1) is 22.0 Å². The minimum absolute atomic E-state index is 0.250. The van der Waals surface area contributed by atoms with Crippen molar-refractivity contribution in [2.24, 2.45) is 0 Å². The van der Waals surface area contributed by atoms with Crippen molar-refractivity contribution < 1.29 is 4.79 Å². The lowest BCUT2D eigenvalue weighted by Crippen LogP contribution is -2.16. The summed E-state index contributed by atoms with van der Waals surface area (Å²) in [5, 5.41) is 8.73. The van der Waals surface area contributed by atoms with Crippen molar-refractivity contribution in [1.82, 2.24) is 9.78 Å². The molecular weight excluding hydrogens is 377 g/mol. The molecule has 2 aromatic carbocycles. The molecule has 3 aromatic rings. The molecular formula is C18H13Cl2N3OS. The standard InChI is InChI=1S/C18H13Cl2N3OS/c19-11-5-7-12(8-6-11)23-17(14-9-25-10-16(14)22-23)21-18(24)13-3-1-2-4-15(13)20/h1-8H,9-10H2,(H,21,24). The fourth-order valence-corrected chi connectivity index (χ4v) is 4.11. The number of hydrogen-bond acceptors (Lipinski definition) is 3. The van der Waals surface area contributed by atoms with Crippen molar-refractivity contribution in [2.75, 3.05) is 5.32 Å². The number of halogens is 2. The van der Waals surface area contributed by atoms with Crippen LogP contribution in [-0.4, -0.2) is 15.7 Å². The Balaban J connectivity index is 1.75. The molecule has 1 aliphatic heterocycles. The van der Waals surface area contributed by atoms with E-state index in [0.29, 0.717) is 21.4 Å². The number of nitrogens with zero attached hydrogens (tertiary/aromatic N) is 2. The van der Waals surface area contributed by atoms with Gasteiger partial charge in [-0.15, -0.1) is 0 Å². The molecule has 2 heterocycles. The van der Waals surface area contributed by atoms with Gasteiger partial charge in [-0.2, -0.15) is 16.9 Å². The number of benzene rings is 2. The first-order valence-electron chi connectivity index (χ1n) is 7.64. The fourth-order valence-electron chi connectivity index (χ4n) is 2.73. The van der Waals surface area contributed by atoms with E-state index in [1.54, 1.807) is 52.8 Å². The molecule has 7 heteroatoms. The Morgan fingerprint density at radius 2 is 1.84 bits per heavy atom. The van der Waals surface area contributed by atoms with E-state index in [4.69, 9.17) is 23.2 Å². The number of fused-ring (bicyclic) bond motifs is 1. The molecule has 0 saturated carbocycles. The van der Waals surface area contributed by atoms with Crippen LogP contribution in [0.15, 0.2) is 48.5 Å². The summed E-state index contributed by atoms with van der Waals surface area (Å²) in [6.07, 6.45) is 0. The normalized spacial score (nSPS) is 12.9. The van der Waals surface area contributed by atoms with E-state index in [9.17, 15) is 4.79 Å². The summed E-state index contributed by atoms with van der Waals surface area (Å²) in [5.41, 5.74) is 3.33. The van der Waals surface area contributed by atoms with E-state index in [0.717, 1.165) is 28.5 Å². The molecule has 126 valence electrons. The summed E-state index contributed by atoms with van der Waals surface area (Å²) in [4.78, 5) is 12.7. The van der Waals surface area contributed by atoms with Gasteiger partial charge in [0.2, 0.25) is 0 Å². The number of amides is 1. The molecule has 0 spiro atoms. The fraction of sp³-hybridized carbons (Fsp3) is 0.111. The van der Waals surface area contributed by atoms with Crippen molar-refractivity contribution in [1.29, 1.82) is 0 Å². The van der Waals surface area contributed by atoms with Crippen LogP contribution < -0.4 is 5.32 Å². The Hall–Kier alpha value is -1.95. The Morgan fingerprint density at radius 3 is 2.60 bits per heavy atom. The summed E-state index contributed by atoms with van der Waals surface area (Å²) >= 11 is 13.9. The molecule has 0 atom stereocenters. The van der Waals surface area contributed by atoms with Crippen molar-refractivity contribution in [3.8, 4) is 5.69 Å². The molecule has 4 nitrogen and oxygen atoms in total. The van der Waals surface area contributed by atoms with Crippen LogP contribution in [0.1, 0.15) is 21.6 Å². The summed E-state index contributed by atoms with van der Waals surface area (Å²) in [6, 6.07) is 14.4. The van der Waals surface area contributed by atoms with Gasteiger partial charge in [-0.3, -0.25) is 4.79 Å². The molecule has 0 aliphatic carbocycles. The SMILES string of the molecule is O=C(Nc1c2c(nn1-c1ccc(Cl)cc1)CSC2)c1ccccc1Cl. The Morgan fingerprint density at radius 1 is 1.08 bits per heavy atom. The first kappa shape index (κ1) is 16.5. The van der Waals surface area contributed by atoms with Crippen LogP contribution in [0.3, 0.4) is 0 Å². The van der Waals surface area contributed by atoms with Crippen LogP contribution in [0.4, 0.5) is 5.82 Å². The number of aromatic nitrogens is 2. The predicted octanol–water partition coefficient (Wildman–Crippen LogP) is 5.18. The average molecular weight is 390 g/mol. The minimum atomic E-state index is -0.250. The zero-order valence-electron chi connectivity index (χ0n) is 13.0. The largest absolute Gasteiger partial charge is 0.306 e. The lowest BCUT2D eigenvalue weighted by Gasteiger charge is -2.12. The Labute approximate surface area is 159 Å². The van der Waals surface area contributed by atoms with E-state index >= 15 is 0 Å². The van der Waals surface area contributed by atoms with Gasteiger partial charge >= 0.3 is 0 Å². The quantitative estimate of drug-likeness (QED) is 0.671. The maximum atomic E-state index is 12.7. The van der Waals surface area contributed by atoms with Crippen LogP contribution in [0, 0.1) is 0 Å². The molecule has 1 N–H and O–H groups in total. The molecule has 1 aliphatic rings. The van der Waals surface area contributed by atoms with Gasteiger partial charge in [-0.05, 0) is 36.4 Å². The highest BCUT2D eigenvalue weighted by Crippen LogP contribution is 2.36. The average Bonchev–Trinajstić information content (AvgIpc) is 3.19. The first-order chi connectivity index (χ1) is 12.1. The maximum Gasteiger partial charge on any atom is 0.258 e. The maximum absolute atomic E-state index is 12.7. The summed E-state index contributed by atoms with van der Waals surface area (Å²) in [5.74, 6) is 2.10. The number of rotatable bonds is 3. The van der Waals surface area contributed by atoms with Crippen molar-refractivity contribution in [3.05, 3.63) is 75.4 Å². The Bertz CT molecular complexity index is 953. The number of thioether (sulfide) groups is 1. The first-order valence-corrected chi connectivity index (χ1v) is 9.55. The van der Waals surface area contributed by atoms with Crippen LogP contribution in [0.25, 0.3) is 5.69 Å². The van der Waals surface area contributed by atoms with Crippen molar-refractivity contribution >= 4 is 46.7 Å². The topological polar surface area (TPSA) is 46.9 Å². The third-order valence-electron chi connectivity index (χ3n) is 3.97. The number of carbonyl (C=O) groups is 1. The summed E-state index contributed by atoms with van der Waals surface area (Å²) < 4.78 is 1.76. The third kappa shape index (κ3) is 3.15. The van der Waals surface area contributed by atoms with Gasteiger partial charge < -0.3 is 5.32 Å². The number of anilines is 1. The highest BCUT2D eigenvalue weighted by molar-refractivity contribution is 7.98. The lowest BCUT2D eigenvalue weighted by molar-refractivity contribution is 0.102. The molecule has 0 saturated heterocycles. The zero-order valence-corrected chi connectivity index (χ0v) is 15.3. The number of carbonyl (C=O) groups excluding carboxylic acids is 1. The van der Waals surface area contributed by atoms with Gasteiger partial charge in [0.1, 0.15) is 5.82 Å². The molecule has 4 rings (SSSR count). The van der Waals surface area contributed by atoms with Crippen LogP contribution in [-0.2, 0) is 11.5 Å². The van der Waals surface area contributed by atoms with Crippen molar-refractivity contribution in [2.45, 2.75) is 11.5 Å². The highest BCUT2D eigenvalue weighted by Gasteiger charge is 2.25. The molecule has 0 radical (unpaired) electrons. The molecule has 0 fully saturated rings. The van der Waals surface area contributed by atoms with Gasteiger partial charge in [-0.1, -0.05) is 35.3 Å². The van der Waals surface area contributed by atoms with Crippen LogP contribution in [0.5, 0.6) is 0 Å². The molecule has 1 amide bonds. The van der Waals surface area contributed by atoms with Gasteiger partial charge in [0, 0.05) is 22.1 Å². The molecule has 1 aromatic heterocycles. The van der Waals surface area contributed by atoms with E-state index in [1.807, 2.05) is 12.1 Å². The van der Waals surface area contributed by atoms with Gasteiger partial charge in [0.25, 0.3) is 5.91 Å². The molecule has 0 bridgehead atoms. The van der Waals surface area contributed by atoms with Gasteiger partial charge in [0.15, 0.2) is 0 Å². The second kappa shape index (κ2) is 6.75. The second-order valence-corrected chi connectivity index (χ2v) is 7.42. The number of nitrogens with one attached hydrogen (secondary N) is 1. The van der Waals surface area contributed by atoms with E-state index in [1.165, 1.54) is 0 Å². The van der Waals surface area contributed by atoms with Crippen LogP contribution >= 0.6 is 35.0 Å². The van der Waals surface area contributed by atoms with E-state index in [-0.39, 0.29) is 5.91 Å². The smallest absolute Gasteiger partial charge is 0.258 e. The second-order valence-electron chi connectivity index (χ2n) is 5.59. The van der Waals surface area contributed by atoms with Crippen molar-refractivity contribution in [3.63, 3.8) is 0 Å². The number of hydrogen-bond donors (Lipinski definition) is 1. The summed E-state index contributed by atoms with van der Waals surface area (Å²) in [7, 11) is 0. The summed E-state index contributed by atoms with van der Waals surface area (Å²) in [6.45, 7) is 0. The third-order valence-corrected chi connectivity index (χ3v) is 5.53. The van der Waals surface area contributed by atoms with E-state index in [2.05, 4.69) is 10.4 Å². The monoisotopic (exact) mass is 389 g/mol. The highest BCUT2D eigenvalue weighted by atomic mass is 35.5. The molecule has 0 unspecified atom stereocenters. The zero-order chi connectivity index (χ0) is 17.4. The Kier molecular flexibility index (Phi) is 4.46. The van der Waals surface area contributed by atoms with Gasteiger partial charge in [-0.25, -0.2) is 4.68 Å².